The van der Waals surface area contributed by atoms with E-state index in [9.17, 15) is 30.6 Å². The maximum absolute atomic E-state index is 10.00. The number of aliphatic hydroxyl groups is 8. The van der Waals surface area contributed by atoms with Crippen molar-refractivity contribution in [3.8, 4) is 0 Å². The number of aliphatic hydroxyl groups excluding tert-OH is 8. The first-order valence-corrected chi connectivity index (χ1v) is 9.14. The maximum Gasteiger partial charge on any atom is 0.394 e. The Morgan fingerprint density at radius 3 is 1.69 bits per heavy atom. The molecule has 2 aliphatic heterocycles. The van der Waals surface area contributed by atoms with Crippen LogP contribution in [0.2, 0.25) is 0 Å². The second-order valence-corrected chi connectivity index (χ2v) is 6.90. The van der Waals surface area contributed by atoms with E-state index in [1.165, 1.54) is 0 Å². The smallest absolute Gasteiger partial charge is 0.394 e. The van der Waals surface area contributed by atoms with Crippen LogP contribution in [0.25, 0.3) is 0 Å². The lowest BCUT2D eigenvalue weighted by Gasteiger charge is -2.43. The standard InChI is InChI=1S/C12H22O11.Al.H2O4S.3H/c13-1-4-6(16)8(18)9(19)11(21-4)23-12(3-15)10(20)7(17)5(2-14)22-12;;1-5(2,3)4;;;/h4-11,13-20H,1-3H2;;(H2,1,2,3,4);;;/t4-,5-,6-,7-,8+,9-,10+,11-,12+;;;;;/m1...../s1. The fourth-order valence-corrected chi connectivity index (χ4v) is 2.63. The molecule has 2 fully saturated rings. The zero-order chi connectivity index (χ0) is 21.9. The lowest BCUT2D eigenvalue weighted by atomic mass is 9.99. The Morgan fingerprint density at radius 1 is 0.828 bits per heavy atom. The fraction of sp³-hybridized carbons (Fsp3) is 1.00. The first-order chi connectivity index (χ1) is 12.8. The van der Waals surface area contributed by atoms with Crippen LogP contribution in [0.15, 0.2) is 0 Å². The molecule has 2 heterocycles. The topological polar surface area (TPSA) is 264 Å². The summed E-state index contributed by atoms with van der Waals surface area (Å²) in [6, 6.07) is 0. The van der Waals surface area contributed by atoms with E-state index in [1.807, 2.05) is 0 Å². The average molecular weight is 470 g/mol. The first-order valence-electron chi connectivity index (χ1n) is 7.75. The molecule has 10 N–H and O–H groups in total. The molecule has 0 aromatic carbocycles. The molecule has 0 unspecified atom stereocenters. The molecular weight excluding hydrogens is 443 g/mol. The number of hydrogen-bond acceptors (Lipinski definition) is 13. The van der Waals surface area contributed by atoms with Crippen LogP contribution in [0, 0.1) is 0 Å². The molecule has 0 aromatic rings. The summed E-state index contributed by atoms with van der Waals surface area (Å²) in [6.07, 6.45) is -12.7. The molecule has 0 aliphatic carbocycles. The van der Waals surface area contributed by atoms with Crippen molar-refractivity contribution in [3.05, 3.63) is 0 Å². The van der Waals surface area contributed by atoms with Gasteiger partial charge in [0.25, 0.3) is 0 Å². The molecule has 0 aromatic heterocycles. The van der Waals surface area contributed by atoms with Gasteiger partial charge in [-0.25, -0.2) is 0 Å². The van der Waals surface area contributed by atoms with Crippen LogP contribution in [-0.4, -0.2) is 150 Å². The molecule has 174 valence electrons. The number of rotatable bonds is 5. The van der Waals surface area contributed by atoms with Gasteiger partial charge in [-0.1, -0.05) is 0 Å². The van der Waals surface area contributed by atoms with Gasteiger partial charge in [0.05, 0.1) is 13.2 Å². The van der Waals surface area contributed by atoms with Gasteiger partial charge in [-0.15, -0.1) is 0 Å². The lowest BCUT2D eigenvalue weighted by molar-refractivity contribution is -0.383. The van der Waals surface area contributed by atoms with Gasteiger partial charge in [0.15, 0.2) is 23.7 Å². The summed E-state index contributed by atoms with van der Waals surface area (Å²) >= 11 is 0. The van der Waals surface area contributed by atoms with Crippen molar-refractivity contribution in [2.75, 3.05) is 19.8 Å². The zero-order valence-electron chi connectivity index (χ0n) is 14.2. The molecule has 29 heavy (non-hydrogen) atoms. The second kappa shape index (κ2) is 11.5. The third-order valence-electron chi connectivity index (χ3n) is 4.07. The molecular formula is C12H27AlO15S. The van der Waals surface area contributed by atoms with Crippen LogP contribution in [0.3, 0.4) is 0 Å². The predicted octanol–water partition coefficient (Wildman–Crippen LogP) is -7.23. The Balaban J connectivity index is 0.00000117. The highest BCUT2D eigenvalue weighted by Gasteiger charge is 2.58. The van der Waals surface area contributed by atoms with Crippen molar-refractivity contribution >= 4 is 27.8 Å². The maximum atomic E-state index is 10.00. The van der Waals surface area contributed by atoms with E-state index in [-0.39, 0.29) is 17.4 Å². The third kappa shape index (κ3) is 7.26. The van der Waals surface area contributed by atoms with Gasteiger partial charge in [0, 0.05) is 0 Å². The number of ether oxygens (including phenoxy) is 3. The van der Waals surface area contributed by atoms with E-state index in [4.69, 9.17) is 41.9 Å². The second-order valence-electron chi connectivity index (χ2n) is 6.01. The fourth-order valence-electron chi connectivity index (χ4n) is 2.63. The number of hydrogen-bond donors (Lipinski definition) is 10. The Labute approximate surface area is 175 Å². The quantitative estimate of drug-likeness (QED) is 0.132. The van der Waals surface area contributed by atoms with E-state index < -0.39 is 85.0 Å². The summed E-state index contributed by atoms with van der Waals surface area (Å²) in [5, 5.41) is 76.7. The monoisotopic (exact) mass is 470 g/mol. The molecule has 2 aliphatic rings. The Hall–Kier alpha value is -0.0375. The lowest BCUT2D eigenvalue weighted by Crippen LogP contribution is -2.62. The molecule has 2 saturated heterocycles. The molecule has 0 saturated carbocycles. The minimum Gasteiger partial charge on any atom is -0.394 e. The summed E-state index contributed by atoms with van der Waals surface area (Å²) in [5.41, 5.74) is 0. The largest absolute Gasteiger partial charge is 0.394 e. The minimum atomic E-state index is -4.67. The normalized spacial score (nSPS) is 42.6. The highest BCUT2D eigenvalue weighted by atomic mass is 32.3. The summed E-state index contributed by atoms with van der Waals surface area (Å²) in [5.74, 6) is -2.22. The summed E-state index contributed by atoms with van der Waals surface area (Å²) in [7, 11) is -4.67. The Morgan fingerprint density at radius 2 is 1.31 bits per heavy atom. The summed E-state index contributed by atoms with van der Waals surface area (Å²) in [6.45, 7) is -2.32. The average Bonchev–Trinajstić information content (AvgIpc) is 2.86. The molecule has 0 amide bonds. The van der Waals surface area contributed by atoms with Crippen molar-refractivity contribution in [1.82, 2.24) is 0 Å². The predicted molar refractivity (Wildman–Crippen MR) is 92.8 cm³/mol. The van der Waals surface area contributed by atoms with Crippen molar-refractivity contribution < 1.29 is 72.6 Å². The van der Waals surface area contributed by atoms with E-state index in [0.717, 1.165) is 0 Å². The van der Waals surface area contributed by atoms with E-state index in [0.29, 0.717) is 0 Å². The molecule has 2 rings (SSSR count). The zero-order valence-corrected chi connectivity index (χ0v) is 15.0. The van der Waals surface area contributed by atoms with Gasteiger partial charge >= 0.3 is 10.4 Å². The van der Waals surface area contributed by atoms with Crippen molar-refractivity contribution in [3.63, 3.8) is 0 Å². The van der Waals surface area contributed by atoms with Crippen LogP contribution in [0.5, 0.6) is 0 Å². The molecule has 0 spiro atoms. The van der Waals surface area contributed by atoms with E-state index >= 15 is 0 Å². The molecule has 9 atom stereocenters. The van der Waals surface area contributed by atoms with Gasteiger partial charge < -0.3 is 55.1 Å². The van der Waals surface area contributed by atoms with Gasteiger partial charge in [0.2, 0.25) is 5.79 Å². The highest BCUT2D eigenvalue weighted by Crippen LogP contribution is 2.35. The minimum absolute atomic E-state index is 0. The van der Waals surface area contributed by atoms with Crippen molar-refractivity contribution in [2.24, 2.45) is 0 Å². The SMILES string of the molecule is O=S(=O)(O)O.OC[C@H]1O[C@@](CO)(O[C@H]2O[C@H](CO)[C@@H](O)[C@H](O)[C@H]2O)[C@@H](O)[C@@H]1O.[AlH3]. The first kappa shape index (κ1) is 29.0. The Bertz CT molecular complexity index is 582. The van der Waals surface area contributed by atoms with Gasteiger partial charge in [-0.3, -0.25) is 9.11 Å². The summed E-state index contributed by atoms with van der Waals surface area (Å²) in [4.78, 5) is 0. The van der Waals surface area contributed by atoms with E-state index in [2.05, 4.69) is 0 Å². The van der Waals surface area contributed by atoms with Crippen molar-refractivity contribution in [2.45, 2.75) is 54.8 Å². The van der Waals surface area contributed by atoms with Crippen LogP contribution in [0.1, 0.15) is 0 Å². The Kier molecular flexibility index (Phi) is 11.5. The molecule has 0 bridgehead atoms. The van der Waals surface area contributed by atoms with Crippen LogP contribution >= 0.6 is 0 Å². The van der Waals surface area contributed by atoms with Gasteiger partial charge in [-0.05, 0) is 0 Å². The highest BCUT2D eigenvalue weighted by molar-refractivity contribution is 7.79. The third-order valence-corrected chi connectivity index (χ3v) is 4.07. The molecule has 15 nitrogen and oxygen atoms in total. The van der Waals surface area contributed by atoms with Crippen LogP contribution in [-0.2, 0) is 24.6 Å². The summed E-state index contributed by atoms with van der Waals surface area (Å²) < 4.78 is 47.0. The van der Waals surface area contributed by atoms with Crippen LogP contribution < -0.4 is 0 Å². The molecule has 0 radical (unpaired) electrons. The van der Waals surface area contributed by atoms with Gasteiger partial charge in [-0.2, -0.15) is 8.42 Å². The van der Waals surface area contributed by atoms with Crippen LogP contribution in [0.4, 0.5) is 0 Å². The van der Waals surface area contributed by atoms with Gasteiger partial charge in [0.1, 0.15) is 49.3 Å². The van der Waals surface area contributed by atoms with E-state index in [1.54, 1.807) is 0 Å². The van der Waals surface area contributed by atoms with Crippen molar-refractivity contribution in [1.29, 1.82) is 0 Å². The molecule has 17 heteroatoms.